The normalized spacial score (nSPS) is 11.9. The number of benzene rings is 3. The second-order valence-electron chi connectivity index (χ2n) is 8.48. The number of carbonyl (C=O) groups excluding carboxylic acids is 1. The van der Waals surface area contributed by atoms with Gasteiger partial charge in [0.05, 0.1) is 0 Å². The Kier molecular flexibility index (Phi) is 6.17. The Bertz CT molecular complexity index is 1210. The third-order valence-corrected chi connectivity index (χ3v) is 5.90. The maximum atomic E-state index is 13.0. The summed E-state index contributed by atoms with van der Waals surface area (Å²) in [5.74, 6) is -0.0354. The second kappa shape index (κ2) is 9.18. The van der Waals surface area contributed by atoms with Gasteiger partial charge >= 0.3 is 0 Å². The van der Waals surface area contributed by atoms with Crippen molar-refractivity contribution in [1.29, 1.82) is 0 Å². The first-order valence-electron chi connectivity index (χ1n) is 10.8. The van der Waals surface area contributed by atoms with E-state index in [1.54, 1.807) is 0 Å². The number of fused-ring (bicyclic) bond motifs is 1. The number of nitrogens with zero attached hydrogens (tertiary/aromatic N) is 2. The van der Waals surface area contributed by atoms with E-state index in [0.717, 1.165) is 16.9 Å². The van der Waals surface area contributed by atoms with Crippen LogP contribution < -0.4 is 15.1 Å². The molecule has 5 nitrogen and oxygen atoms in total. The highest BCUT2D eigenvalue weighted by Crippen LogP contribution is 2.31. The summed E-state index contributed by atoms with van der Waals surface area (Å²) in [6.45, 7) is 0.508. The standard InChI is InChI=1S/C27H30N4O/c1-30(2)21-14-12-19(13-15-21)24(25-18-28-26-11-6-5-10-23(25)26)17-29-27(32)20-8-7-9-22(16-20)31(3)4/h5-16,18,24,28H,17H2,1-4H3,(H,29,32)/t24-/m1/s1. The van der Waals surface area contributed by atoms with Gasteiger partial charge in [-0.1, -0.05) is 36.4 Å². The van der Waals surface area contributed by atoms with E-state index in [2.05, 4.69) is 63.9 Å². The zero-order valence-corrected chi connectivity index (χ0v) is 19.1. The van der Waals surface area contributed by atoms with Crippen molar-refractivity contribution in [1.82, 2.24) is 10.3 Å². The van der Waals surface area contributed by atoms with E-state index in [9.17, 15) is 4.79 Å². The predicted molar refractivity (Wildman–Crippen MR) is 134 cm³/mol. The van der Waals surface area contributed by atoms with Gasteiger partial charge in [-0.3, -0.25) is 4.79 Å². The van der Waals surface area contributed by atoms with Gasteiger partial charge in [0, 0.05) is 74.7 Å². The summed E-state index contributed by atoms with van der Waals surface area (Å²) in [6, 6.07) is 24.5. The van der Waals surface area contributed by atoms with Crippen molar-refractivity contribution in [3.05, 3.63) is 95.7 Å². The highest BCUT2D eigenvalue weighted by molar-refractivity contribution is 5.95. The number of aromatic amines is 1. The first-order chi connectivity index (χ1) is 15.4. The average Bonchev–Trinajstić information content (AvgIpc) is 3.23. The minimum Gasteiger partial charge on any atom is -0.378 e. The SMILES string of the molecule is CN(C)c1ccc([C@@H](CNC(=O)c2cccc(N(C)C)c2)c2c[nH]c3ccccc23)cc1. The zero-order valence-electron chi connectivity index (χ0n) is 19.1. The number of anilines is 2. The molecule has 1 aromatic heterocycles. The number of hydrogen-bond acceptors (Lipinski definition) is 3. The van der Waals surface area contributed by atoms with Crippen LogP contribution in [0.15, 0.2) is 79.0 Å². The van der Waals surface area contributed by atoms with Crippen LogP contribution in [0.2, 0.25) is 0 Å². The molecule has 5 heteroatoms. The minimum atomic E-state index is -0.0662. The summed E-state index contributed by atoms with van der Waals surface area (Å²) in [5, 5.41) is 4.35. The number of amides is 1. The molecular formula is C27H30N4O. The maximum Gasteiger partial charge on any atom is 0.251 e. The van der Waals surface area contributed by atoms with Crippen molar-refractivity contribution in [2.75, 3.05) is 44.5 Å². The van der Waals surface area contributed by atoms with E-state index < -0.39 is 0 Å². The van der Waals surface area contributed by atoms with Gasteiger partial charge in [0.25, 0.3) is 5.91 Å². The molecule has 1 amide bonds. The maximum absolute atomic E-state index is 13.0. The smallest absolute Gasteiger partial charge is 0.251 e. The Morgan fingerprint density at radius 3 is 2.31 bits per heavy atom. The number of carbonyl (C=O) groups is 1. The topological polar surface area (TPSA) is 51.4 Å². The van der Waals surface area contributed by atoms with Crippen molar-refractivity contribution in [2.45, 2.75) is 5.92 Å². The van der Waals surface area contributed by atoms with Gasteiger partial charge in [-0.25, -0.2) is 0 Å². The Morgan fingerprint density at radius 2 is 1.59 bits per heavy atom. The first kappa shape index (κ1) is 21.5. The van der Waals surface area contributed by atoms with Crippen LogP contribution >= 0.6 is 0 Å². The predicted octanol–water partition coefficient (Wildman–Crippen LogP) is 4.86. The van der Waals surface area contributed by atoms with Gasteiger partial charge in [-0.15, -0.1) is 0 Å². The fraction of sp³-hybridized carbons (Fsp3) is 0.222. The molecule has 0 fully saturated rings. The highest BCUT2D eigenvalue weighted by atomic mass is 16.1. The molecular weight excluding hydrogens is 396 g/mol. The lowest BCUT2D eigenvalue weighted by Crippen LogP contribution is -2.29. The molecule has 2 N–H and O–H groups in total. The van der Waals surface area contributed by atoms with Gasteiger partial charge in [-0.2, -0.15) is 0 Å². The Hall–Kier alpha value is -3.73. The van der Waals surface area contributed by atoms with E-state index in [0.29, 0.717) is 12.1 Å². The van der Waals surface area contributed by atoms with Crippen molar-refractivity contribution < 1.29 is 4.79 Å². The number of hydrogen-bond donors (Lipinski definition) is 2. The molecule has 0 bridgehead atoms. The molecule has 0 saturated carbocycles. The highest BCUT2D eigenvalue weighted by Gasteiger charge is 2.20. The molecule has 4 aromatic rings. The zero-order chi connectivity index (χ0) is 22.7. The average molecular weight is 427 g/mol. The fourth-order valence-electron chi connectivity index (χ4n) is 4.02. The third kappa shape index (κ3) is 4.47. The second-order valence-corrected chi connectivity index (χ2v) is 8.48. The quantitative estimate of drug-likeness (QED) is 0.444. The van der Waals surface area contributed by atoms with E-state index in [4.69, 9.17) is 0 Å². The minimum absolute atomic E-state index is 0.0309. The summed E-state index contributed by atoms with van der Waals surface area (Å²) in [5.41, 5.74) is 6.27. The molecule has 0 aliphatic heterocycles. The van der Waals surface area contributed by atoms with Gasteiger partial charge in [0.1, 0.15) is 0 Å². The lowest BCUT2D eigenvalue weighted by atomic mass is 9.90. The molecule has 0 radical (unpaired) electrons. The summed E-state index contributed by atoms with van der Waals surface area (Å²) >= 11 is 0. The number of rotatable bonds is 7. The van der Waals surface area contributed by atoms with Gasteiger partial charge < -0.3 is 20.1 Å². The van der Waals surface area contributed by atoms with E-state index in [1.165, 1.54) is 16.5 Å². The summed E-state index contributed by atoms with van der Waals surface area (Å²) in [7, 11) is 8.02. The van der Waals surface area contributed by atoms with E-state index in [-0.39, 0.29) is 11.8 Å². The van der Waals surface area contributed by atoms with Crippen molar-refractivity contribution in [3.63, 3.8) is 0 Å². The van der Waals surface area contributed by atoms with E-state index in [1.807, 2.05) is 63.4 Å². The summed E-state index contributed by atoms with van der Waals surface area (Å²) in [6.07, 6.45) is 2.06. The lowest BCUT2D eigenvalue weighted by molar-refractivity contribution is 0.0952. The summed E-state index contributed by atoms with van der Waals surface area (Å²) < 4.78 is 0. The largest absolute Gasteiger partial charge is 0.378 e. The first-order valence-corrected chi connectivity index (χ1v) is 10.8. The number of H-pyrrole nitrogens is 1. The van der Waals surface area contributed by atoms with Crippen molar-refractivity contribution >= 4 is 28.2 Å². The molecule has 1 heterocycles. The van der Waals surface area contributed by atoms with Crippen LogP contribution in [0.1, 0.15) is 27.4 Å². The van der Waals surface area contributed by atoms with Crippen molar-refractivity contribution in [2.24, 2.45) is 0 Å². The monoisotopic (exact) mass is 426 g/mol. The number of nitrogens with one attached hydrogen (secondary N) is 2. The van der Waals surface area contributed by atoms with Crippen LogP contribution in [0.3, 0.4) is 0 Å². The summed E-state index contributed by atoms with van der Waals surface area (Å²) in [4.78, 5) is 20.5. The molecule has 0 saturated heterocycles. The molecule has 164 valence electrons. The molecule has 3 aromatic carbocycles. The van der Waals surface area contributed by atoms with E-state index >= 15 is 0 Å². The molecule has 32 heavy (non-hydrogen) atoms. The number of aromatic nitrogens is 1. The lowest BCUT2D eigenvalue weighted by Gasteiger charge is -2.20. The van der Waals surface area contributed by atoms with Crippen LogP contribution in [-0.2, 0) is 0 Å². The molecule has 0 aliphatic carbocycles. The molecule has 0 unspecified atom stereocenters. The van der Waals surface area contributed by atoms with Crippen molar-refractivity contribution in [3.8, 4) is 0 Å². The third-order valence-electron chi connectivity index (χ3n) is 5.90. The molecule has 0 spiro atoms. The van der Waals surface area contributed by atoms with Crippen LogP contribution in [0.25, 0.3) is 10.9 Å². The Labute approximate surface area is 189 Å². The van der Waals surface area contributed by atoms with Gasteiger partial charge in [0.2, 0.25) is 0 Å². The van der Waals surface area contributed by atoms with Gasteiger partial charge in [-0.05, 0) is 47.5 Å². The van der Waals surface area contributed by atoms with Crippen LogP contribution in [-0.4, -0.2) is 45.6 Å². The van der Waals surface area contributed by atoms with Crippen LogP contribution in [0, 0.1) is 0 Å². The Balaban J connectivity index is 1.64. The Morgan fingerprint density at radius 1 is 0.875 bits per heavy atom. The van der Waals surface area contributed by atoms with Gasteiger partial charge in [0.15, 0.2) is 0 Å². The molecule has 0 aliphatic rings. The molecule has 1 atom stereocenters. The van der Waals surface area contributed by atoms with Crippen LogP contribution in [0.4, 0.5) is 11.4 Å². The fourth-order valence-corrected chi connectivity index (χ4v) is 4.02. The molecule has 4 rings (SSSR count). The van der Waals surface area contributed by atoms with Crippen LogP contribution in [0.5, 0.6) is 0 Å². The number of para-hydroxylation sites is 1.